The van der Waals surface area contributed by atoms with Gasteiger partial charge in [-0.1, -0.05) is 0 Å². The topological polar surface area (TPSA) is 0 Å². The Balaban J connectivity index is 0. The van der Waals surface area contributed by atoms with Crippen molar-refractivity contribution in [2.45, 2.75) is 32.7 Å². The molecular formula is C6H16ClPb. The summed E-state index contributed by atoms with van der Waals surface area (Å²) in [5, 5.41) is 0. The van der Waals surface area contributed by atoms with Crippen LogP contribution in [0.1, 0.15) is 20.8 Å². The maximum atomic E-state index is 2.36. The predicted octanol–water partition coefficient (Wildman–Crippen LogP) is 2.96. The minimum atomic E-state index is -0.789. The summed E-state index contributed by atoms with van der Waals surface area (Å²) >= 11 is -0.789. The SMILES string of the molecule is C[CH2][Pb]([CH2]C)[CH2]C.Cl. The predicted molar refractivity (Wildman–Crippen MR) is 44.4 cm³/mol. The van der Waals surface area contributed by atoms with E-state index in [4.69, 9.17) is 0 Å². The molecule has 0 saturated carbocycles. The maximum Gasteiger partial charge on any atom is -0.147 e. The van der Waals surface area contributed by atoms with E-state index in [1.807, 2.05) is 0 Å². The van der Waals surface area contributed by atoms with E-state index in [2.05, 4.69) is 20.8 Å². The number of hydrogen-bond acceptors (Lipinski definition) is 0. The maximum absolute atomic E-state index is 2.36. The first-order valence-corrected chi connectivity index (χ1v) is 11.4. The first-order valence-electron chi connectivity index (χ1n) is 3.18. The fourth-order valence-electron chi connectivity index (χ4n) is 0.750. The molecule has 0 aliphatic rings. The second-order valence-corrected chi connectivity index (χ2v) is 15.9. The first-order chi connectivity index (χ1) is 3.35. The fraction of sp³-hybridized carbons (Fsp3) is 1.00. The van der Waals surface area contributed by atoms with Gasteiger partial charge in [0.25, 0.3) is 0 Å². The summed E-state index contributed by atoms with van der Waals surface area (Å²) in [6.07, 6.45) is 0. The molecule has 0 aromatic rings. The van der Waals surface area contributed by atoms with Crippen molar-refractivity contribution in [3.63, 3.8) is 0 Å². The van der Waals surface area contributed by atoms with E-state index in [0.717, 1.165) is 0 Å². The molecule has 0 nitrogen and oxygen atoms in total. The quantitative estimate of drug-likeness (QED) is 0.698. The van der Waals surface area contributed by atoms with Crippen LogP contribution in [0.5, 0.6) is 0 Å². The molecule has 0 aromatic heterocycles. The second-order valence-electron chi connectivity index (χ2n) is 1.81. The second kappa shape index (κ2) is 8.21. The van der Waals surface area contributed by atoms with Crippen molar-refractivity contribution >= 4 is 35.1 Å². The van der Waals surface area contributed by atoms with E-state index >= 15 is 0 Å². The minimum Gasteiger partial charge on any atom is -0.147 e. The Morgan fingerprint density at radius 1 is 0.875 bits per heavy atom. The van der Waals surface area contributed by atoms with Crippen LogP contribution in [0.3, 0.4) is 0 Å². The molecule has 2 heteroatoms. The number of halogens is 1. The van der Waals surface area contributed by atoms with Crippen LogP contribution in [0, 0.1) is 0 Å². The van der Waals surface area contributed by atoms with Gasteiger partial charge in [0.15, 0.2) is 0 Å². The van der Waals surface area contributed by atoms with Crippen molar-refractivity contribution in [3.05, 3.63) is 0 Å². The third-order valence-electron chi connectivity index (χ3n) is 1.50. The third kappa shape index (κ3) is 5.35. The van der Waals surface area contributed by atoms with Gasteiger partial charge < -0.3 is 0 Å². The zero-order valence-electron chi connectivity index (χ0n) is 6.03. The third-order valence-corrected chi connectivity index (χ3v) is 13.2. The van der Waals surface area contributed by atoms with Gasteiger partial charge in [-0.3, -0.25) is 0 Å². The molecule has 0 aliphatic carbocycles. The van der Waals surface area contributed by atoms with Gasteiger partial charge in [-0.2, -0.15) is 0 Å². The standard InChI is InChI=1S/3C2H5.ClH.Pb/c3*1-2;;/h3*1H2,2H3;1H;. The van der Waals surface area contributed by atoms with E-state index in [-0.39, 0.29) is 12.4 Å². The summed E-state index contributed by atoms with van der Waals surface area (Å²) in [7, 11) is 0. The summed E-state index contributed by atoms with van der Waals surface area (Å²) in [5.74, 6) is 0. The molecular weight excluding hydrogens is 315 g/mol. The Morgan fingerprint density at radius 2 is 1.12 bits per heavy atom. The van der Waals surface area contributed by atoms with Crippen LogP contribution in [0.4, 0.5) is 0 Å². The molecule has 0 unspecified atom stereocenters. The van der Waals surface area contributed by atoms with Crippen molar-refractivity contribution in [1.29, 1.82) is 0 Å². The average Bonchev–Trinajstić information content (AvgIpc) is 1.72. The molecule has 1 radical (unpaired) electrons. The molecule has 0 bridgehead atoms. The first kappa shape index (κ1) is 11.9. The van der Waals surface area contributed by atoms with Gasteiger partial charge in [-0.05, 0) is 0 Å². The average molecular weight is 331 g/mol. The molecule has 0 aliphatic heterocycles. The Labute approximate surface area is 67.6 Å². The van der Waals surface area contributed by atoms with E-state index in [1.54, 1.807) is 11.9 Å². The molecule has 0 rings (SSSR count). The number of rotatable bonds is 3. The monoisotopic (exact) mass is 331 g/mol. The van der Waals surface area contributed by atoms with E-state index in [0.29, 0.717) is 0 Å². The summed E-state index contributed by atoms with van der Waals surface area (Å²) in [6.45, 7) is 7.07. The molecule has 0 N–H and O–H groups in total. The Morgan fingerprint density at radius 3 is 1.12 bits per heavy atom. The molecule has 0 saturated heterocycles. The van der Waals surface area contributed by atoms with E-state index < -0.39 is 22.7 Å². The minimum absolute atomic E-state index is 0. The van der Waals surface area contributed by atoms with Crippen molar-refractivity contribution in [2.75, 3.05) is 0 Å². The van der Waals surface area contributed by atoms with Crippen LogP contribution in [-0.4, -0.2) is 22.7 Å². The number of hydrogen-bond donors (Lipinski definition) is 0. The molecule has 0 aromatic carbocycles. The van der Waals surface area contributed by atoms with Crippen molar-refractivity contribution in [3.8, 4) is 0 Å². The summed E-state index contributed by atoms with van der Waals surface area (Å²) < 4.78 is 4.70. The molecule has 0 amide bonds. The largest absolute Gasteiger partial charge is 0.147 e. The molecule has 51 valence electrons. The smallest absolute Gasteiger partial charge is 0.147 e. The van der Waals surface area contributed by atoms with E-state index in [1.165, 1.54) is 0 Å². The van der Waals surface area contributed by atoms with Crippen molar-refractivity contribution in [1.82, 2.24) is 0 Å². The normalized spacial score (nSPS) is 9.00. The van der Waals surface area contributed by atoms with Crippen LogP contribution >= 0.6 is 12.4 Å². The van der Waals surface area contributed by atoms with Gasteiger partial charge in [0.2, 0.25) is 0 Å². The van der Waals surface area contributed by atoms with Crippen LogP contribution in [-0.2, 0) is 0 Å². The van der Waals surface area contributed by atoms with Gasteiger partial charge in [-0.25, -0.2) is 0 Å². The Hall–Kier alpha value is 1.21. The van der Waals surface area contributed by atoms with E-state index in [9.17, 15) is 0 Å². The van der Waals surface area contributed by atoms with Gasteiger partial charge in [0.05, 0.1) is 0 Å². The molecule has 8 heavy (non-hydrogen) atoms. The molecule has 0 atom stereocenters. The zero-order valence-corrected chi connectivity index (χ0v) is 10.7. The van der Waals surface area contributed by atoms with Crippen LogP contribution in [0.15, 0.2) is 0 Å². The zero-order chi connectivity index (χ0) is 5.70. The van der Waals surface area contributed by atoms with Gasteiger partial charge in [-0.15, -0.1) is 12.4 Å². The molecule has 0 spiro atoms. The van der Waals surface area contributed by atoms with Gasteiger partial charge in [0.1, 0.15) is 0 Å². The van der Waals surface area contributed by atoms with Crippen molar-refractivity contribution < 1.29 is 0 Å². The molecule has 0 heterocycles. The Kier molecular flexibility index (Phi) is 12.3. The van der Waals surface area contributed by atoms with Crippen LogP contribution in [0.25, 0.3) is 0 Å². The van der Waals surface area contributed by atoms with Crippen LogP contribution in [0.2, 0.25) is 11.9 Å². The Bertz CT molecular complexity index is 30.0. The summed E-state index contributed by atoms with van der Waals surface area (Å²) in [6, 6.07) is 0. The summed E-state index contributed by atoms with van der Waals surface area (Å²) in [4.78, 5) is 0. The van der Waals surface area contributed by atoms with Crippen LogP contribution < -0.4 is 0 Å². The van der Waals surface area contributed by atoms with Gasteiger partial charge >= 0.3 is 55.4 Å². The fourth-order valence-corrected chi connectivity index (χ4v) is 6.58. The summed E-state index contributed by atoms with van der Waals surface area (Å²) in [5.41, 5.74) is 0. The van der Waals surface area contributed by atoms with Crippen molar-refractivity contribution in [2.24, 2.45) is 0 Å². The molecule has 0 fully saturated rings. The van der Waals surface area contributed by atoms with Gasteiger partial charge in [0, 0.05) is 0 Å².